The number of carbonyl (C=O) groups excluding carboxylic acids is 2. The number of rotatable bonds is 8. The molecule has 0 atom stereocenters. The molecule has 1 saturated heterocycles. The molecule has 2 N–H and O–H groups in total. The van der Waals surface area contributed by atoms with Crippen molar-refractivity contribution in [2.45, 2.75) is 38.1 Å². The predicted octanol–water partition coefficient (Wildman–Crippen LogP) is 3.67. The van der Waals surface area contributed by atoms with E-state index < -0.39 is 0 Å². The molecule has 0 spiro atoms. The van der Waals surface area contributed by atoms with Crippen molar-refractivity contribution in [3.05, 3.63) is 48.0 Å². The van der Waals surface area contributed by atoms with Gasteiger partial charge >= 0.3 is 0 Å². The maximum Gasteiger partial charge on any atom is 0.253 e. The van der Waals surface area contributed by atoms with Crippen LogP contribution < -0.4 is 25.2 Å². The molecule has 0 radical (unpaired) electrons. The number of ether oxygens (including phenoxy) is 2. The van der Waals surface area contributed by atoms with Crippen LogP contribution in [0.5, 0.6) is 5.75 Å². The van der Waals surface area contributed by atoms with Crippen molar-refractivity contribution in [2.24, 2.45) is 0 Å². The van der Waals surface area contributed by atoms with Gasteiger partial charge in [-0.3, -0.25) is 9.59 Å². The Labute approximate surface area is 207 Å². The molecule has 2 aromatic carbocycles. The molecule has 0 unspecified atom stereocenters. The highest BCUT2D eigenvalue weighted by Crippen LogP contribution is 2.31. The lowest BCUT2D eigenvalue weighted by molar-refractivity contribution is -0.119. The van der Waals surface area contributed by atoms with Crippen LogP contribution in [0.4, 0.5) is 17.1 Å². The number of methoxy groups -OCH3 is 2. The van der Waals surface area contributed by atoms with Crippen molar-refractivity contribution < 1.29 is 19.1 Å². The molecular weight excluding hydrogens is 444 g/mol. The van der Waals surface area contributed by atoms with Crippen LogP contribution in [-0.2, 0) is 9.53 Å². The standard InChI is InChI=1S/C27H36N4O4/c1-34-19-26(32)28-21-12-13-23(22(18-21)27(33)29-20-8-4-3-5-9-20)30-14-16-31(17-15-30)24-10-6-7-11-25(24)35-2/h6-7,10-13,18,20H,3-5,8-9,14-17,19H2,1-2H3,(H,28,32)(H,29,33). The summed E-state index contributed by atoms with van der Waals surface area (Å²) in [5, 5.41) is 6.07. The van der Waals surface area contributed by atoms with E-state index in [1.807, 2.05) is 30.3 Å². The summed E-state index contributed by atoms with van der Waals surface area (Å²) in [6.07, 6.45) is 5.56. The third kappa shape index (κ3) is 6.25. The molecule has 1 saturated carbocycles. The van der Waals surface area contributed by atoms with Crippen LogP contribution in [0.3, 0.4) is 0 Å². The number of piperazine rings is 1. The molecule has 2 aromatic rings. The summed E-state index contributed by atoms with van der Waals surface area (Å²) in [7, 11) is 3.18. The number of nitrogens with one attached hydrogen (secondary N) is 2. The molecule has 1 aliphatic carbocycles. The van der Waals surface area contributed by atoms with Crippen LogP contribution in [0.25, 0.3) is 0 Å². The van der Waals surface area contributed by atoms with Gasteiger partial charge in [0.05, 0.1) is 18.4 Å². The monoisotopic (exact) mass is 480 g/mol. The topological polar surface area (TPSA) is 83.1 Å². The fraction of sp³-hybridized carbons (Fsp3) is 0.481. The van der Waals surface area contributed by atoms with E-state index in [2.05, 4.69) is 26.5 Å². The van der Waals surface area contributed by atoms with Crippen LogP contribution in [0.2, 0.25) is 0 Å². The van der Waals surface area contributed by atoms with Gasteiger partial charge in [0.1, 0.15) is 12.4 Å². The summed E-state index contributed by atoms with van der Waals surface area (Å²) in [6, 6.07) is 13.8. The first-order valence-corrected chi connectivity index (χ1v) is 12.5. The molecule has 8 heteroatoms. The zero-order valence-electron chi connectivity index (χ0n) is 20.7. The average molecular weight is 481 g/mol. The summed E-state index contributed by atoms with van der Waals surface area (Å²) in [4.78, 5) is 30.0. The average Bonchev–Trinajstić information content (AvgIpc) is 2.89. The Morgan fingerprint density at radius 3 is 2.29 bits per heavy atom. The van der Waals surface area contributed by atoms with Gasteiger partial charge < -0.3 is 29.9 Å². The Morgan fingerprint density at radius 1 is 0.914 bits per heavy atom. The van der Waals surface area contributed by atoms with Gasteiger partial charge in [-0.2, -0.15) is 0 Å². The molecule has 2 amide bonds. The number of nitrogens with zero attached hydrogens (tertiary/aromatic N) is 2. The van der Waals surface area contributed by atoms with Gasteiger partial charge in [-0.05, 0) is 43.2 Å². The normalized spacial score (nSPS) is 16.6. The second-order valence-electron chi connectivity index (χ2n) is 9.17. The molecule has 1 aliphatic heterocycles. The SMILES string of the molecule is COCC(=O)Nc1ccc(N2CCN(c3ccccc3OC)CC2)c(C(=O)NC2CCCCC2)c1. The highest BCUT2D eigenvalue weighted by molar-refractivity contribution is 6.02. The quantitative estimate of drug-likeness (QED) is 0.600. The Morgan fingerprint density at radius 2 is 1.60 bits per heavy atom. The van der Waals surface area contributed by atoms with Gasteiger partial charge in [0.2, 0.25) is 5.91 Å². The molecule has 8 nitrogen and oxygen atoms in total. The van der Waals surface area contributed by atoms with Crippen molar-refractivity contribution in [3.8, 4) is 5.75 Å². The minimum absolute atomic E-state index is 0.0315. The summed E-state index contributed by atoms with van der Waals surface area (Å²) in [6.45, 7) is 3.15. The van der Waals surface area contributed by atoms with E-state index in [1.165, 1.54) is 13.5 Å². The van der Waals surface area contributed by atoms with Crippen molar-refractivity contribution in [3.63, 3.8) is 0 Å². The molecule has 1 heterocycles. The van der Waals surface area contributed by atoms with Gasteiger partial charge in [-0.25, -0.2) is 0 Å². The van der Waals surface area contributed by atoms with Crippen LogP contribution in [0, 0.1) is 0 Å². The second kappa shape index (κ2) is 11.9. The first kappa shape index (κ1) is 24.9. The highest BCUT2D eigenvalue weighted by atomic mass is 16.5. The molecule has 2 fully saturated rings. The number of anilines is 3. The smallest absolute Gasteiger partial charge is 0.253 e. The fourth-order valence-corrected chi connectivity index (χ4v) is 4.99. The van der Waals surface area contributed by atoms with E-state index in [-0.39, 0.29) is 24.5 Å². The number of amides is 2. The van der Waals surface area contributed by atoms with E-state index in [9.17, 15) is 9.59 Å². The Kier molecular flexibility index (Phi) is 8.47. The second-order valence-corrected chi connectivity index (χ2v) is 9.17. The third-order valence-electron chi connectivity index (χ3n) is 6.79. The van der Waals surface area contributed by atoms with Gasteiger partial charge in [0.25, 0.3) is 5.91 Å². The van der Waals surface area contributed by atoms with Gasteiger partial charge in [-0.1, -0.05) is 31.4 Å². The highest BCUT2D eigenvalue weighted by Gasteiger charge is 2.25. The van der Waals surface area contributed by atoms with Crippen LogP contribution in [0.15, 0.2) is 42.5 Å². The van der Waals surface area contributed by atoms with E-state index in [1.54, 1.807) is 13.2 Å². The minimum atomic E-state index is -0.246. The van der Waals surface area contributed by atoms with Crippen LogP contribution >= 0.6 is 0 Å². The summed E-state index contributed by atoms with van der Waals surface area (Å²) in [5.41, 5.74) is 3.16. The Hall–Kier alpha value is -3.26. The molecule has 0 aromatic heterocycles. The summed E-state index contributed by atoms with van der Waals surface area (Å²) < 4.78 is 10.5. The van der Waals surface area contributed by atoms with E-state index in [0.717, 1.165) is 69.0 Å². The van der Waals surface area contributed by atoms with Crippen LogP contribution in [-0.4, -0.2) is 64.9 Å². The number of hydrogen-bond donors (Lipinski definition) is 2. The van der Waals surface area contributed by atoms with Gasteiger partial charge in [-0.15, -0.1) is 0 Å². The maximum absolute atomic E-state index is 13.4. The minimum Gasteiger partial charge on any atom is -0.495 e. The summed E-state index contributed by atoms with van der Waals surface area (Å²) in [5.74, 6) is 0.538. The Bertz CT molecular complexity index is 1010. The number of hydrogen-bond acceptors (Lipinski definition) is 6. The van der Waals surface area contributed by atoms with Gasteiger partial charge in [0, 0.05) is 50.7 Å². The number of carbonyl (C=O) groups is 2. The predicted molar refractivity (Wildman–Crippen MR) is 139 cm³/mol. The van der Waals surface area contributed by atoms with E-state index >= 15 is 0 Å². The fourth-order valence-electron chi connectivity index (χ4n) is 4.99. The number of benzene rings is 2. The lowest BCUT2D eigenvalue weighted by atomic mass is 9.95. The lowest BCUT2D eigenvalue weighted by Gasteiger charge is -2.38. The number of para-hydroxylation sites is 2. The first-order chi connectivity index (χ1) is 17.1. The molecule has 4 rings (SSSR count). The molecule has 35 heavy (non-hydrogen) atoms. The Balaban J connectivity index is 1.52. The van der Waals surface area contributed by atoms with Crippen molar-refractivity contribution >= 4 is 28.9 Å². The molecular formula is C27H36N4O4. The lowest BCUT2D eigenvalue weighted by Crippen LogP contribution is -2.47. The zero-order valence-corrected chi connectivity index (χ0v) is 20.7. The molecule has 0 bridgehead atoms. The van der Waals surface area contributed by atoms with Crippen LogP contribution in [0.1, 0.15) is 42.5 Å². The first-order valence-electron chi connectivity index (χ1n) is 12.5. The van der Waals surface area contributed by atoms with Crippen molar-refractivity contribution in [1.29, 1.82) is 0 Å². The van der Waals surface area contributed by atoms with E-state index in [0.29, 0.717) is 11.3 Å². The van der Waals surface area contributed by atoms with Gasteiger partial charge in [0.15, 0.2) is 0 Å². The largest absolute Gasteiger partial charge is 0.495 e. The van der Waals surface area contributed by atoms with Crippen molar-refractivity contribution in [1.82, 2.24) is 5.32 Å². The van der Waals surface area contributed by atoms with Crippen molar-refractivity contribution in [2.75, 3.05) is 62.1 Å². The zero-order chi connectivity index (χ0) is 24.6. The molecule has 2 aliphatic rings. The molecule has 188 valence electrons. The maximum atomic E-state index is 13.4. The third-order valence-corrected chi connectivity index (χ3v) is 6.79. The van der Waals surface area contributed by atoms with E-state index in [4.69, 9.17) is 9.47 Å². The summed E-state index contributed by atoms with van der Waals surface area (Å²) >= 11 is 0.